The lowest BCUT2D eigenvalue weighted by atomic mass is 10.1. The smallest absolute Gasteiger partial charge is 0.271 e. The van der Waals surface area contributed by atoms with Crippen molar-refractivity contribution in [3.63, 3.8) is 0 Å². The summed E-state index contributed by atoms with van der Waals surface area (Å²) in [6.07, 6.45) is 1.25. The Hall–Kier alpha value is -2.04. The highest BCUT2D eigenvalue weighted by molar-refractivity contribution is 6.36. The third-order valence-electron chi connectivity index (χ3n) is 2.75. The van der Waals surface area contributed by atoms with Gasteiger partial charge in [0.1, 0.15) is 5.75 Å². The van der Waals surface area contributed by atoms with Crippen LogP contribution in [0.3, 0.4) is 0 Å². The van der Waals surface area contributed by atoms with Gasteiger partial charge in [0, 0.05) is 5.56 Å². The van der Waals surface area contributed by atoms with Crippen molar-refractivity contribution in [1.29, 1.82) is 0 Å². The van der Waals surface area contributed by atoms with Crippen molar-refractivity contribution in [1.82, 2.24) is 5.43 Å². The molecule has 0 aliphatic carbocycles. The molecule has 6 heteroatoms. The zero-order valence-electron chi connectivity index (χ0n) is 11.1. The minimum atomic E-state index is -0.354. The molecule has 0 saturated heterocycles. The van der Waals surface area contributed by atoms with Crippen molar-refractivity contribution < 1.29 is 9.90 Å². The van der Waals surface area contributed by atoms with Gasteiger partial charge in [-0.3, -0.25) is 4.79 Å². The maximum absolute atomic E-state index is 11.9. The van der Waals surface area contributed by atoms with Crippen LogP contribution in [0, 0.1) is 6.92 Å². The van der Waals surface area contributed by atoms with E-state index in [2.05, 4.69) is 10.5 Å². The molecule has 2 aromatic carbocycles. The summed E-state index contributed by atoms with van der Waals surface area (Å²) in [5.41, 5.74) is 4.08. The van der Waals surface area contributed by atoms with E-state index in [1.54, 1.807) is 18.2 Å². The van der Waals surface area contributed by atoms with Crippen LogP contribution in [0.15, 0.2) is 41.5 Å². The molecule has 1 amide bonds. The van der Waals surface area contributed by atoms with Gasteiger partial charge in [-0.05, 0) is 31.2 Å². The van der Waals surface area contributed by atoms with Crippen molar-refractivity contribution in [2.45, 2.75) is 6.92 Å². The quantitative estimate of drug-likeness (QED) is 0.667. The maximum atomic E-state index is 11.9. The number of nitrogens with zero attached hydrogens (tertiary/aromatic N) is 1. The standard InChI is InChI=1S/C15H12Cl2N2O2/c1-9-3-2-4-10(7-9)15(21)19-18-8-11-12(16)5-6-13(17)14(11)20/h2-8,20H,1H3,(H,19,21). The van der Waals surface area contributed by atoms with Gasteiger partial charge in [-0.15, -0.1) is 0 Å². The van der Waals surface area contributed by atoms with Crippen LogP contribution in [0.2, 0.25) is 10.0 Å². The van der Waals surface area contributed by atoms with Gasteiger partial charge in [0.05, 0.1) is 21.8 Å². The van der Waals surface area contributed by atoms with E-state index in [0.717, 1.165) is 5.56 Å². The van der Waals surface area contributed by atoms with Gasteiger partial charge in [0.25, 0.3) is 5.91 Å². The Morgan fingerprint density at radius 3 is 2.67 bits per heavy atom. The number of benzene rings is 2. The van der Waals surface area contributed by atoms with E-state index in [1.807, 2.05) is 13.0 Å². The number of phenolic OH excluding ortho intramolecular Hbond substituents is 1. The molecule has 0 aliphatic heterocycles. The van der Waals surface area contributed by atoms with Gasteiger partial charge in [-0.25, -0.2) is 5.43 Å². The minimum absolute atomic E-state index is 0.158. The van der Waals surface area contributed by atoms with Gasteiger partial charge >= 0.3 is 0 Å². The molecule has 0 bridgehead atoms. The van der Waals surface area contributed by atoms with Gasteiger partial charge in [-0.2, -0.15) is 5.10 Å². The number of aryl methyl sites for hydroxylation is 1. The lowest BCUT2D eigenvalue weighted by Crippen LogP contribution is -2.17. The topological polar surface area (TPSA) is 61.7 Å². The van der Waals surface area contributed by atoms with Crippen LogP contribution < -0.4 is 5.43 Å². The number of hydrogen-bond acceptors (Lipinski definition) is 3. The largest absolute Gasteiger partial charge is 0.506 e. The van der Waals surface area contributed by atoms with Crippen molar-refractivity contribution >= 4 is 35.3 Å². The second-order valence-corrected chi connectivity index (χ2v) is 5.17. The summed E-state index contributed by atoms with van der Waals surface area (Å²) in [7, 11) is 0. The molecule has 0 spiro atoms. The average Bonchev–Trinajstić information content (AvgIpc) is 2.46. The number of aromatic hydroxyl groups is 1. The summed E-state index contributed by atoms with van der Waals surface area (Å²) in [5.74, 6) is -0.537. The third-order valence-corrected chi connectivity index (χ3v) is 3.39. The second-order valence-electron chi connectivity index (χ2n) is 4.36. The first kappa shape index (κ1) is 15.4. The van der Waals surface area contributed by atoms with E-state index in [9.17, 15) is 9.90 Å². The lowest BCUT2D eigenvalue weighted by Gasteiger charge is -2.04. The molecule has 2 N–H and O–H groups in total. The number of amides is 1. The van der Waals surface area contributed by atoms with Crippen molar-refractivity contribution in [2.75, 3.05) is 0 Å². The molecule has 21 heavy (non-hydrogen) atoms. The van der Waals surface area contributed by atoms with Crippen molar-refractivity contribution in [3.8, 4) is 5.75 Å². The summed E-state index contributed by atoms with van der Waals surface area (Å²) in [5, 5.41) is 14.0. The molecule has 4 nitrogen and oxygen atoms in total. The first-order valence-corrected chi connectivity index (χ1v) is 6.81. The Balaban J connectivity index is 2.13. The number of hydrogen-bond donors (Lipinski definition) is 2. The summed E-state index contributed by atoms with van der Waals surface area (Å²) in [6.45, 7) is 1.89. The highest BCUT2D eigenvalue weighted by atomic mass is 35.5. The molecule has 0 atom stereocenters. The highest BCUT2D eigenvalue weighted by Crippen LogP contribution is 2.31. The molecule has 0 aromatic heterocycles. The summed E-state index contributed by atoms with van der Waals surface area (Å²) in [6, 6.07) is 10.1. The van der Waals surface area contributed by atoms with Gasteiger partial charge < -0.3 is 5.11 Å². The van der Waals surface area contributed by atoms with Gasteiger partial charge in [0.2, 0.25) is 0 Å². The predicted molar refractivity (Wildman–Crippen MR) is 84.4 cm³/mol. The van der Waals surface area contributed by atoms with Gasteiger partial charge in [0.15, 0.2) is 0 Å². The molecule has 0 aliphatic rings. The van der Waals surface area contributed by atoms with Crippen LogP contribution in [-0.4, -0.2) is 17.2 Å². The molecule has 2 rings (SSSR count). The molecule has 108 valence electrons. The Morgan fingerprint density at radius 1 is 1.24 bits per heavy atom. The second kappa shape index (κ2) is 6.61. The zero-order chi connectivity index (χ0) is 15.4. The first-order chi connectivity index (χ1) is 9.99. The van der Waals surface area contributed by atoms with E-state index in [1.165, 1.54) is 18.3 Å². The number of carbonyl (C=O) groups is 1. The first-order valence-electron chi connectivity index (χ1n) is 6.06. The van der Waals surface area contributed by atoms with E-state index in [4.69, 9.17) is 23.2 Å². The molecule has 0 radical (unpaired) electrons. The third kappa shape index (κ3) is 3.74. The Kier molecular flexibility index (Phi) is 4.83. The average molecular weight is 323 g/mol. The lowest BCUT2D eigenvalue weighted by molar-refractivity contribution is 0.0955. The number of rotatable bonds is 3. The minimum Gasteiger partial charge on any atom is -0.506 e. The molecule has 0 heterocycles. The van der Waals surface area contributed by atoms with Crippen molar-refractivity contribution in [3.05, 3.63) is 63.1 Å². The molecule has 0 saturated carbocycles. The van der Waals surface area contributed by atoms with E-state index in [0.29, 0.717) is 5.56 Å². The number of halogens is 2. The van der Waals surface area contributed by atoms with Crippen LogP contribution in [-0.2, 0) is 0 Å². The summed E-state index contributed by atoms with van der Waals surface area (Å²) >= 11 is 11.7. The Morgan fingerprint density at radius 2 is 1.95 bits per heavy atom. The fraction of sp³-hybridized carbons (Fsp3) is 0.0667. The van der Waals surface area contributed by atoms with E-state index >= 15 is 0 Å². The fourth-order valence-electron chi connectivity index (χ4n) is 1.69. The van der Waals surface area contributed by atoms with Crippen LogP contribution in [0.5, 0.6) is 5.75 Å². The normalized spacial score (nSPS) is 10.8. The predicted octanol–water partition coefficient (Wildman–Crippen LogP) is 3.77. The maximum Gasteiger partial charge on any atom is 0.271 e. The molecule has 2 aromatic rings. The SMILES string of the molecule is Cc1cccc(C(=O)NN=Cc2c(Cl)ccc(Cl)c2O)c1. The van der Waals surface area contributed by atoms with Crippen LogP contribution >= 0.6 is 23.2 Å². The highest BCUT2D eigenvalue weighted by Gasteiger charge is 2.09. The number of hydrazone groups is 1. The molecule has 0 fully saturated rings. The summed E-state index contributed by atoms with van der Waals surface area (Å²) < 4.78 is 0. The Bertz CT molecular complexity index is 715. The van der Waals surface area contributed by atoms with E-state index in [-0.39, 0.29) is 27.3 Å². The van der Waals surface area contributed by atoms with Crippen molar-refractivity contribution in [2.24, 2.45) is 5.10 Å². The number of carbonyl (C=O) groups excluding carboxylic acids is 1. The monoisotopic (exact) mass is 322 g/mol. The van der Waals surface area contributed by atoms with E-state index < -0.39 is 0 Å². The number of phenols is 1. The number of nitrogens with one attached hydrogen (secondary N) is 1. The molecule has 0 unspecified atom stereocenters. The fourth-order valence-corrected chi connectivity index (χ4v) is 2.05. The molecular formula is C15H12Cl2N2O2. The zero-order valence-corrected chi connectivity index (χ0v) is 12.6. The van der Waals surface area contributed by atoms with Gasteiger partial charge in [-0.1, -0.05) is 40.9 Å². The van der Waals surface area contributed by atoms with Crippen LogP contribution in [0.4, 0.5) is 0 Å². The summed E-state index contributed by atoms with van der Waals surface area (Å²) in [4.78, 5) is 11.9. The molecular weight excluding hydrogens is 311 g/mol. The van der Waals surface area contributed by atoms with Crippen LogP contribution in [0.25, 0.3) is 0 Å². The Labute approximate surface area is 132 Å². The van der Waals surface area contributed by atoms with Crippen LogP contribution in [0.1, 0.15) is 21.5 Å².